The zero-order valence-electron chi connectivity index (χ0n) is 14.9. The third kappa shape index (κ3) is 4.49. The van der Waals surface area contributed by atoms with E-state index in [1.807, 2.05) is 59.3 Å². The quantitative estimate of drug-likeness (QED) is 0.620. The molecule has 1 aliphatic rings. The molecule has 0 radical (unpaired) electrons. The predicted octanol–water partition coefficient (Wildman–Crippen LogP) is 3.47. The number of rotatable bonds is 8. The summed E-state index contributed by atoms with van der Waals surface area (Å²) in [7, 11) is 0. The van der Waals surface area contributed by atoms with E-state index in [0.29, 0.717) is 25.5 Å². The summed E-state index contributed by atoms with van der Waals surface area (Å²) in [5.41, 5.74) is 1.64. The molecule has 1 amide bonds. The van der Waals surface area contributed by atoms with Crippen LogP contribution in [0.2, 0.25) is 0 Å². The van der Waals surface area contributed by atoms with Crippen LogP contribution in [-0.2, 0) is 4.79 Å². The summed E-state index contributed by atoms with van der Waals surface area (Å²) in [4.78, 5) is 12.2. The number of amides is 1. The standard InChI is InChI=1S/C20H21N5O2/c26-19(10-5-13-27-18-8-2-1-3-9-18)21-16-7-4-6-15(14-16)20-22-23-24-25(20)17-11-12-17/h1-4,6-9,14,17H,5,10-13H2,(H,21,26). The Morgan fingerprint density at radius 3 is 2.81 bits per heavy atom. The van der Waals surface area contributed by atoms with Gasteiger partial charge in [0, 0.05) is 17.7 Å². The van der Waals surface area contributed by atoms with E-state index in [1.54, 1.807) is 0 Å². The zero-order chi connectivity index (χ0) is 18.5. The maximum Gasteiger partial charge on any atom is 0.224 e. The minimum atomic E-state index is -0.0365. The monoisotopic (exact) mass is 363 g/mol. The van der Waals surface area contributed by atoms with Crippen LogP contribution in [0.1, 0.15) is 31.7 Å². The van der Waals surface area contributed by atoms with Gasteiger partial charge in [0.1, 0.15) is 5.75 Å². The second-order valence-electron chi connectivity index (χ2n) is 6.57. The van der Waals surface area contributed by atoms with E-state index in [2.05, 4.69) is 20.8 Å². The van der Waals surface area contributed by atoms with Crippen LogP contribution >= 0.6 is 0 Å². The molecule has 0 atom stereocenters. The fourth-order valence-corrected chi connectivity index (χ4v) is 2.85. The fraction of sp³-hybridized carbons (Fsp3) is 0.300. The summed E-state index contributed by atoms with van der Waals surface area (Å²) in [6, 6.07) is 17.6. The van der Waals surface area contributed by atoms with Crippen LogP contribution < -0.4 is 10.1 Å². The highest BCUT2D eigenvalue weighted by molar-refractivity contribution is 5.91. The molecule has 7 nitrogen and oxygen atoms in total. The second-order valence-corrected chi connectivity index (χ2v) is 6.57. The third-order valence-corrected chi connectivity index (χ3v) is 4.35. The lowest BCUT2D eigenvalue weighted by molar-refractivity contribution is -0.116. The van der Waals surface area contributed by atoms with Gasteiger partial charge in [-0.3, -0.25) is 4.79 Å². The SMILES string of the molecule is O=C(CCCOc1ccccc1)Nc1cccc(-c2nnnn2C2CC2)c1. The number of anilines is 1. The van der Waals surface area contributed by atoms with Gasteiger partial charge in [0.05, 0.1) is 12.6 Å². The molecule has 2 aromatic carbocycles. The van der Waals surface area contributed by atoms with Crippen molar-refractivity contribution in [1.82, 2.24) is 20.2 Å². The Kier molecular flexibility index (Phi) is 5.09. The van der Waals surface area contributed by atoms with Gasteiger partial charge in [-0.15, -0.1) is 5.10 Å². The molecule has 0 bridgehead atoms. The second kappa shape index (κ2) is 7.99. The van der Waals surface area contributed by atoms with Gasteiger partial charge in [-0.25, -0.2) is 4.68 Å². The number of hydrogen-bond acceptors (Lipinski definition) is 5. The van der Waals surface area contributed by atoms with Crippen LogP contribution in [0.5, 0.6) is 5.75 Å². The lowest BCUT2D eigenvalue weighted by Gasteiger charge is -2.08. The van der Waals surface area contributed by atoms with Crippen molar-refractivity contribution < 1.29 is 9.53 Å². The normalized spacial score (nSPS) is 13.3. The van der Waals surface area contributed by atoms with Crippen LogP contribution in [0.25, 0.3) is 11.4 Å². The number of hydrogen-bond donors (Lipinski definition) is 1. The first-order valence-electron chi connectivity index (χ1n) is 9.15. The molecule has 1 aliphatic carbocycles. The van der Waals surface area contributed by atoms with Gasteiger partial charge in [-0.05, 0) is 54.0 Å². The summed E-state index contributed by atoms with van der Waals surface area (Å²) < 4.78 is 7.47. The molecule has 1 saturated carbocycles. The molecule has 1 fully saturated rings. The number of benzene rings is 2. The Hall–Kier alpha value is -3.22. The maximum absolute atomic E-state index is 12.2. The number of aromatic nitrogens is 4. The van der Waals surface area contributed by atoms with Crippen LogP contribution in [0, 0.1) is 0 Å². The summed E-state index contributed by atoms with van der Waals surface area (Å²) in [6.45, 7) is 0.508. The van der Waals surface area contributed by atoms with E-state index >= 15 is 0 Å². The molecular weight excluding hydrogens is 342 g/mol. The van der Waals surface area contributed by atoms with Gasteiger partial charge in [0.2, 0.25) is 5.91 Å². The number of carbonyl (C=O) groups is 1. The van der Waals surface area contributed by atoms with Crippen molar-refractivity contribution in [1.29, 1.82) is 0 Å². The zero-order valence-corrected chi connectivity index (χ0v) is 14.9. The summed E-state index contributed by atoms with van der Waals surface area (Å²) >= 11 is 0. The van der Waals surface area contributed by atoms with Crippen molar-refractivity contribution in [3.8, 4) is 17.1 Å². The van der Waals surface area contributed by atoms with Crippen molar-refractivity contribution >= 4 is 11.6 Å². The van der Waals surface area contributed by atoms with Crippen molar-refractivity contribution in [2.24, 2.45) is 0 Å². The minimum Gasteiger partial charge on any atom is -0.494 e. The smallest absolute Gasteiger partial charge is 0.224 e. The Balaban J connectivity index is 1.30. The first-order valence-corrected chi connectivity index (χ1v) is 9.15. The summed E-state index contributed by atoms with van der Waals surface area (Å²) in [5, 5.41) is 14.9. The van der Waals surface area contributed by atoms with E-state index in [4.69, 9.17) is 4.74 Å². The average Bonchev–Trinajstić information content (AvgIpc) is 3.42. The van der Waals surface area contributed by atoms with Gasteiger partial charge in [0.25, 0.3) is 0 Å². The lowest BCUT2D eigenvalue weighted by atomic mass is 10.2. The molecule has 1 heterocycles. The van der Waals surface area contributed by atoms with Gasteiger partial charge in [-0.1, -0.05) is 30.3 Å². The van der Waals surface area contributed by atoms with Crippen molar-refractivity contribution in [3.05, 3.63) is 54.6 Å². The molecule has 0 saturated heterocycles. The lowest BCUT2D eigenvalue weighted by Crippen LogP contribution is -2.13. The van der Waals surface area contributed by atoms with Gasteiger partial charge >= 0.3 is 0 Å². The predicted molar refractivity (Wildman–Crippen MR) is 101 cm³/mol. The van der Waals surface area contributed by atoms with E-state index in [9.17, 15) is 4.79 Å². The molecule has 0 unspecified atom stereocenters. The van der Waals surface area contributed by atoms with Crippen LogP contribution in [0.15, 0.2) is 54.6 Å². The molecule has 27 heavy (non-hydrogen) atoms. The number of ether oxygens (including phenoxy) is 1. The first kappa shape index (κ1) is 17.2. The molecule has 0 spiro atoms. The van der Waals surface area contributed by atoms with Crippen LogP contribution in [-0.4, -0.2) is 32.7 Å². The summed E-state index contributed by atoms with van der Waals surface area (Å²) in [5.74, 6) is 1.52. The third-order valence-electron chi connectivity index (χ3n) is 4.35. The summed E-state index contributed by atoms with van der Waals surface area (Å²) in [6.07, 6.45) is 3.27. The first-order chi connectivity index (χ1) is 13.3. The van der Waals surface area contributed by atoms with E-state index in [1.165, 1.54) is 0 Å². The highest BCUT2D eigenvalue weighted by atomic mass is 16.5. The highest BCUT2D eigenvalue weighted by Gasteiger charge is 2.28. The molecule has 1 N–H and O–H groups in total. The van der Waals surface area contributed by atoms with Gasteiger partial charge < -0.3 is 10.1 Å². The average molecular weight is 363 g/mol. The molecule has 138 valence electrons. The van der Waals surface area contributed by atoms with E-state index in [-0.39, 0.29) is 5.91 Å². The van der Waals surface area contributed by atoms with Crippen LogP contribution in [0.4, 0.5) is 5.69 Å². The molecule has 4 rings (SSSR count). The number of nitrogens with one attached hydrogen (secondary N) is 1. The Labute approximate surface area is 157 Å². The Morgan fingerprint density at radius 1 is 1.15 bits per heavy atom. The molecule has 1 aromatic heterocycles. The number of carbonyl (C=O) groups excluding carboxylic acids is 1. The van der Waals surface area contributed by atoms with Crippen molar-refractivity contribution in [2.45, 2.75) is 31.7 Å². The fourth-order valence-electron chi connectivity index (χ4n) is 2.85. The Morgan fingerprint density at radius 2 is 2.00 bits per heavy atom. The molecule has 3 aromatic rings. The number of tetrazole rings is 1. The molecule has 7 heteroatoms. The van der Waals surface area contributed by atoms with Gasteiger partial charge in [0.15, 0.2) is 5.82 Å². The van der Waals surface area contributed by atoms with Crippen molar-refractivity contribution in [2.75, 3.05) is 11.9 Å². The Bertz CT molecular complexity index is 906. The largest absolute Gasteiger partial charge is 0.494 e. The molecule has 0 aliphatic heterocycles. The van der Waals surface area contributed by atoms with E-state index in [0.717, 1.165) is 35.7 Å². The van der Waals surface area contributed by atoms with E-state index < -0.39 is 0 Å². The minimum absolute atomic E-state index is 0.0365. The van der Waals surface area contributed by atoms with Gasteiger partial charge in [-0.2, -0.15) is 0 Å². The molecular formula is C20H21N5O2. The van der Waals surface area contributed by atoms with Crippen molar-refractivity contribution in [3.63, 3.8) is 0 Å². The van der Waals surface area contributed by atoms with Crippen LogP contribution in [0.3, 0.4) is 0 Å². The number of para-hydroxylation sites is 1. The highest BCUT2D eigenvalue weighted by Crippen LogP contribution is 2.36. The number of nitrogens with zero attached hydrogens (tertiary/aromatic N) is 4. The maximum atomic E-state index is 12.2. The topological polar surface area (TPSA) is 81.9 Å².